The maximum absolute atomic E-state index is 12.6. The van der Waals surface area contributed by atoms with E-state index in [4.69, 9.17) is 11.6 Å². The molecule has 4 heteroatoms. The van der Waals surface area contributed by atoms with Gasteiger partial charge in [-0.1, -0.05) is 18.5 Å². The Balaban J connectivity index is 3.17. The summed E-state index contributed by atoms with van der Waals surface area (Å²) in [5.74, 6) is -0.525. The summed E-state index contributed by atoms with van der Waals surface area (Å²) in [6, 6.07) is 0. The van der Waals surface area contributed by atoms with Gasteiger partial charge in [-0.15, -0.1) is 0 Å². The van der Waals surface area contributed by atoms with Crippen molar-refractivity contribution >= 4 is 11.6 Å². The van der Waals surface area contributed by atoms with Crippen LogP contribution in [0.5, 0.6) is 0 Å². The van der Waals surface area contributed by atoms with Gasteiger partial charge in [0.15, 0.2) is 0 Å². The topological polar surface area (TPSA) is 25.8 Å². The number of halogens is 2. The maximum Gasteiger partial charge on any atom is 0.220 e. The van der Waals surface area contributed by atoms with Crippen molar-refractivity contribution in [2.24, 2.45) is 0 Å². The van der Waals surface area contributed by atoms with Gasteiger partial charge in [0.25, 0.3) is 0 Å². The van der Waals surface area contributed by atoms with Gasteiger partial charge in [0.05, 0.1) is 0 Å². The molecule has 0 unspecified atom stereocenters. The van der Waals surface area contributed by atoms with Crippen LogP contribution in [0.1, 0.15) is 12.5 Å². The Morgan fingerprint density at radius 3 is 2.70 bits per heavy atom. The lowest BCUT2D eigenvalue weighted by molar-refractivity contribution is 0.563. The van der Waals surface area contributed by atoms with Crippen LogP contribution in [0, 0.1) is 5.95 Å². The summed E-state index contributed by atoms with van der Waals surface area (Å²) in [4.78, 5) is 6.97. The average molecular weight is 161 g/mol. The van der Waals surface area contributed by atoms with Gasteiger partial charge in [-0.25, -0.2) is 9.97 Å². The van der Waals surface area contributed by atoms with Crippen molar-refractivity contribution in [1.29, 1.82) is 0 Å². The second kappa shape index (κ2) is 2.92. The molecule has 0 spiro atoms. The lowest BCUT2D eigenvalue weighted by Crippen LogP contribution is -1.94. The molecule has 0 radical (unpaired) electrons. The predicted octanol–water partition coefficient (Wildman–Crippen LogP) is 1.83. The zero-order valence-corrected chi connectivity index (χ0v) is 6.19. The van der Waals surface area contributed by atoms with Crippen LogP contribution < -0.4 is 0 Å². The minimum absolute atomic E-state index is 0.204. The van der Waals surface area contributed by atoms with Gasteiger partial charge in [-0.3, -0.25) is 0 Å². The highest BCUT2D eigenvalue weighted by molar-refractivity contribution is 6.30. The lowest BCUT2D eigenvalue weighted by atomic mass is 10.3. The van der Waals surface area contributed by atoms with Crippen LogP contribution in [0.15, 0.2) is 6.33 Å². The Morgan fingerprint density at radius 1 is 1.60 bits per heavy atom. The summed E-state index contributed by atoms with van der Waals surface area (Å²) >= 11 is 5.54. The van der Waals surface area contributed by atoms with Crippen molar-refractivity contribution in [1.82, 2.24) is 9.97 Å². The minimum Gasteiger partial charge on any atom is -0.224 e. The predicted molar refractivity (Wildman–Crippen MR) is 36.4 cm³/mol. The van der Waals surface area contributed by atoms with E-state index in [1.807, 2.05) is 0 Å². The van der Waals surface area contributed by atoms with Crippen LogP contribution >= 0.6 is 11.6 Å². The number of hydrogen-bond acceptors (Lipinski definition) is 2. The zero-order valence-electron chi connectivity index (χ0n) is 5.43. The zero-order chi connectivity index (χ0) is 7.56. The number of hydrogen-bond donors (Lipinski definition) is 0. The van der Waals surface area contributed by atoms with Crippen molar-refractivity contribution in [3.05, 3.63) is 23.0 Å². The summed E-state index contributed by atoms with van der Waals surface area (Å²) in [5, 5.41) is 0.204. The molecule has 54 valence electrons. The normalized spacial score (nSPS) is 9.90. The van der Waals surface area contributed by atoms with Gasteiger partial charge in [0.2, 0.25) is 5.95 Å². The fraction of sp³-hybridized carbons (Fsp3) is 0.333. The monoisotopic (exact) mass is 160 g/mol. The first-order valence-electron chi connectivity index (χ1n) is 2.90. The standard InChI is InChI=1S/C6H6ClFN2/c1-2-4-5(7)9-3-10-6(4)8/h3H,2H2,1H3. The second-order valence-electron chi connectivity index (χ2n) is 1.79. The van der Waals surface area contributed by atoms with Gasteiger partial charge in [-0.05, 0) is 6.42 Å². The second-order valence-corrected chi connectivity index (χ2v) is 2.15. The Hall–Kier alpha value is -0.700. The quantitative estimate of drug-likeness (QED) is 0.586. The molecule has 2 nitrogen and oxygen atoms in total. The van der Waals surface area contributed by atoms with Crippen LogP contribution in [0.3, 0.4) is 0 Å². The van der Waals surface area contributed by atoms with Gasteiger partial charge in [0, 0.05) is 5.56 Å². The SMILES string of the molecule is CCc1c(F)ncnc1Cl. The Labute approximate surface area is 63.1 Å². The van der Waals surface area contributed by atoms with E-state index in [-0.39, 0.29) is 5.15 Å². The molecule has 0 aromatic carbocycles. The number of nitrogens with zero attached hydrogens (tertiary/aromatic N) is 2. The first kappa shape index (κ1) is 7.41. The summed E-state index contributed by atoms with van der Waals surface area (Å²) < 4.78 is 12.6. The largest absolute Gasteiger partial charge is 0.224 e. The maximum atomic E-state index is 12.6. The van der Waals surface area contributed by atoms with Crippen LogP contribution in [0.4, 0.5) is 4.39 Å². The van der Waals surface area contributed by atoms with E-state index >= 15 is 0 Å². The molecule has 0 N–H and O–H groups in total. The van der Waals surface area contributed by atoms with E-state index in [1.165, 1.54) is 0 Å². The molecule has 0 atom stereocenters. The van der Waals surface area contributed by atoms with Crippen molar-refractivity contribution in [2.45, 2.75) is 13.3 Å². The first-order chi connectivity index (χ1) is 4.75. The summed E-state index contributed by atoms with van der Waals surface area (Å²) in [7, 11) is 0. The van der Waals surface area contributed by atoms with Crippen LogP contribution in [-0.4, -0.2) is 9.97 Å². The third kappa shape index (κ3) is 1.24. The van der Waals surface area contributed by atoms with Crippen molar-refractivity contribution in [2.75, 3.05) is 0 Å². The van der Waals surface area contributed by atoms with E-state index in [2.05, 4.69) is 9.97 Å². The van der Waals surface area contributed by atoms with Crippen LogP contribution in [-0.2, 0) is 6.42 Å². The van der Waals surface area contributed by atoms with Gasteiger partial charge >= 0.3 is 0 Å². The lowest BCUT2D eigenvalue weighted by Gasteiger charge is -1.97. The third-order valence-electron chi connectivity index (χ3n) is 1.19. The fourth-order valence-corrected chi connectivity index (χ4v) is 0.918. The van der Waals surface area contributed by atoms with E-state index in [0.717, 1.165) is 6.33 Å². The highest BCUT2D eigenvalue weighted by Gasteiger charge is 2.05. The molecule has 1 rings (SSSR count). The molecule has 0 saturated heterocycles. The molecular formula is C6H6ClFN2. The Bertz CT molecular complexity index is 219. The Kier molecular flexibility index (Phi) is 2.17. The molecule has 0 aliphatic carbocycles. The van der Waals surface area contributed by atoms with Crippen LogP contribution in [0.25, 0.3) is 0 Å². The van der Waals surface area contributed by atoms with Gasteiger partial charge in [-0.2, -0.15) is 4.39 Å². The molecule has 0 fully saturated rings. The van der Waals surface area contributed by atoms with E-state index in [1.54, 1.807) is 6.92 Å². The van der Waals surface area contributed by atoms with Crippen LogP contribution in [0.2, 0.25) is 5.15 Å². The fourth-order valence-electron chi connectivity index (χ4n) is 0.663. The summed E-state index contributed by atoms with van der Waals surface area (Å²) in [6.07, 6.45) is 1.63. The molecule has 0 saturated carbocycles. The molecule has 0 aliphatic rings. The highest BCUT2D eigenvalue weighted by Crippen LogP contribution is 2.13. The molecule has 1 aromatic rings. The average Bonchev–Trinajstić information content (AvgIpc) is 1.88. The van der Waals surface area contributed by atoms with Gasteiger partial charge < -0.3 is 0 Å². The van der Waals surface area contributed by atoms with Gasteiger partial charge in [0.1, 0.15) is 11.5 Å². The van der Waals surface area contributed by atoms with Crippen molar-refractivity contribution < 1.29 is 4.39 Å². The summed E-state index contributed by atoms with van der Waals surface area (Å²) in [5.41, 5.74) is 0.379. The smallest absolute Gasteiger partial charge is 0.220 e. The van der Waals surface area contributed by atoms with E-state index in [0.29, 0.717) is 12.0 Å². The molecule has 0 amide bonds. The van der Waals surface area contributed by atoms with Crippen molar-refractivity contribution in [3.8, 4) is 0 Å². The number of aromatic nitrogens is 2. The molecule has 1 heterocycles. The molecule has 0 aliphatic heterocycles. The van der Waals surface area contributed by atoms with Crippen molar-refractivity contribution in [3.63, 3.8) is 0 Å². The highest BCUT2D eigenvalue weighted by atomic mass is 35.5. The minimum atomic E-state index is -0.525. The van der Waals surface area contributed by atoms with E-state index < -0.39 is 5.95 Å². The Morgan fingerprint density at radius 2 is 2.30 bits per heavy atom. The van der Waals surface area contributed by atoms with E-state index in [9.17, 15) is 4.39 Å². The molecule has 10 heavy (non-hydrogen) atoms. The molecular weight excluding hydrogens is 155 g/mol. The third-order valence-corrected chi connectivity index (χ3v) is 1.52. The first-order valence-corrected chi connectivity index (χ1v) is 3.28. The molecule has 0 bridgehead atoms. The number of rotatable bonds is 1. The molecule has 1 aromatic heterocycles. The summed E-state index contributed by atoms with van der Waals surface area (Å²) in [6.45, 7) is 1.80.